The lowest BCUT2D eigenvalue weighted by Gasteiger charge is -2.12. The number of imide groups is 1. The number of thioether (sulfide) groups is 1. The van der Waals surface area contributed by atoms with E-state index in [2.05, 4.69) is 5.32 Å². The van der Waals surface area contributed by atoms with Crippen LogP contribution in [-0.2, 0) is 9.59 Å². The number of amides is 3. The molecule has 172 valence electrons. The zero-order chi connectivity index (χ0) is 24.4. The van der Waals surface area contributed by atoms with E-state index in [1.54, 1.807) is 24.3 Å². The largest absolute Gasteiger partial charge is 0.457 e. The minimum atomic E-state index is -0.625. The fourth-order valence-corrected chi connectivity index (χ4v) is 4.17. The van der Waals surface area contributed by atoms with Crippen LogP contribution in [0.15, 0.2) is 63.9 Å². The number of aryl methyl sites for hydroxylation is 1. The Bertz CT molecular complexity index is 1350. The third-order valence-corrected chi connectivity index (χ3v) is 6.07. The van der Waals surface area contributed by atoms with Gasteiger partial charge in [0.25, 0.3) is 16.8 Å². The number of furan rings is 1. The Morgan fingerprint density at radius 1 is 1.18 bits per heavy atom. The van der Waals surface area contributed by atoms with Crippen LogP contribution in [0.1, 0.15) is 11.3 Å². The molecule has 1 fully saturated rings. The number of nitrogens with zero attached hydrogens (tertiary/aromatic N) is 2. The fraction of sp³-hybridized carbons (Fsp3) is 0.0870. The molecule has 34 heavy (non-hydrogen) atoms. The Kier molecular flexibility index (Phi) is 6.53. The van der Waals surface area contributed by atoms with Gasteiger partial charge in [0.15, 0.2) is 0 Å². The zero-order valence-corrected chi connectivity index (χ0v) is 19.2. The molecular formula is C23H16ClN3O6S. The van der Waals surface area contributed by atoms with Crippen molar-refractivity contribution in [3.05, 3.63) is 86.0 Å². The van der Waals surface area contributed by atoms with Gasteiger partial charge in [0.05, 0.1) is 14.9 Å². The first-order chi connectivity index (χ1) is 16.2. The Hall–Kier alpha value is -3.89. The standard InChI is InChI=1S/C23H16ClN3O6S/c1-13-2-4-14(5-3-13)25-21(28)12-26-22(29)20(34-23(26)30)11-16-7-9-19(33-16)17-10-15(27(31)32)6-8-18(17)24/h2-11H,12H2,1H3,(H,25,28)/b20-11+. The quantitative estimate of drug-likeness (QED) is 0.271. The molecule has 0 saturated carbocycles. The Morgan fingerprint density at radius 2 is 1.91 bits per heavy atom. The Labute approximate surface area is 202 Å². The minimum Gasteiger partial charge on any atom is -0.457 e. The van der Waals surface area contributed by atoms with Crippen molar-refractivity contribution < 1.29 is 23.7 Å². The number of halogens is 1. The van der Waals surface area contributed by atoms with Gasteiger partial charge in [-0.25, -0.2) is 0 Å². The van der Waals surface area contributed by atoms with Gasteiger partial charge in [-0.15, -0.1) is 0 Å². The van der Waals surface area contributed by atoms with Crippen molar-refractivity contribution >= 4 is 57.9 Å². The molecule has 4 rings (SSSR count). The first-order valence-corrected chi connectivity index (χ1v) is 11.1. The molecule has 9 nitrogen and oxygen atoms in total. The maximum atomic E-state index is 12.7. The third-order valence-electron chi connectivity index (χ3n) is 4.84. The van der Waals surface area contributed by atoms with Crippen molar-refractivity contribution in [2.75, 3.05) is 11.9 Å². The number of nitro groups is 1. The SMILES string of the molecule is Cc1ccc(NC(=O)CN2C(=O)S/C(=C/c3ccc(-c4cc([N+](=O)[O-])ccc4Cl)o3)C2=O)cc1. The van der Waals surface area contributed by atoms with Gasteiger partial charge >= 0.3 is 0 Å². The van der Waals surface area contributed by atoms with E-state index >= 15 is 0 Å². The molecule has 2 heterocycles. The van der Waals surface area contributed by atoms with Crippen molar-refractivity contribution in [1.29, 1.82) is 0 Å². The summed E-state index contributed by atoms with van der Waals surface area (Å²) in [5.41, 5.74) is 1.75. The molecule has 0 unspecified atom stereocenters. The zero-order valence-electron chi connectivity index (χ0n) is 17.6. The van der Waals surface area contributed by atoms with Gasteiger partial charge in [-0.2, -0.15) is 0 Å². The van der Waals surface area contributed by atoms with E-state index in [1.807, 2.05) is 19.1 Å². The maximum absolute atomic E-state index is 12.7. The van der Waals surface area contributed by atoms with Crippen molar-refractivity contribution in [2.24, 2.45) is 0 Å². The molecule has 1 aliphatic rings. The van der Waals surface area contributed by atoms with Crippen molar-refractivity contribution in [1.82, 2.24) is 4.90 Å². The molecule has 11 heteroatoms. The molecule has 0 atom stereocenters. The summed E-state index contributed by atoms with van der Waals surface area (Å²) < 4.78 is 5.68. The third kappa shape index (κ3) is 5.03. The van der Waals surface area contributed by atoms with Gasteiger partial charge in [0.2, 0.25) is 5.91 Å². The van der Waals surface area contributed by atoms with E-state index in [-0.39, 0.29) is 27.1 Å². The van der Waals surface area contributed by atoms with Gasteiger partial charge in [0.1, 0.15) is 18.1 Å². The topological polar surface area (TPSA) is 123 Å². The summed E-state index contributed by atoms with van der Waals surface area (Å²) in [6.07, 6.45) is 1.37. The van der Waals surface area contributed by atoms with Gasteiger partial charge in [-0.3, -0.25) is 29.4 Å². The number of carbonyl (C=O) groups is 3. The van der Waals surface area contributed by atoms with Gasteiger partial charge in [-0.05, 0) is 49.0 Å². The monoisotopic (exact) mass is 497 g/mol. The average Bonchev–Trinajstić information content (AvgIpc) is 3.35. The highest BCUT2D eigenvalue weighted by Gasteiger charge is 2.36. The van der Waals surface area contributed by atoms with Crippen LogP contribution in [0, 0.1) is 17.0 Å². The summed E-state index contributed by atoms with van der Waals surface area (Å²) in [4.78, 5) is 48.8. The van der Waals surface area contributed by atoms with Crippen molar-refractivity contribution in [3.63, 3.8) is 0 Å². The number of hydrogen-bond donors (Lipinski definition) is 1. The summed E-state index contributed by atoms with van der Waals surface area (Å²) in [6, 6.07) is 14.2. The Morgan fingerprint density at radius 3 is 2.62 bits per heavy atom. The van der Waals surface area contributed by atoms with Crippen LogP contribution in [0.5, 0.6) is 0 Å². The molecule has 0 bridgehead atoms. The molecule has 3 aromatic rings. The first-order valence-electron chi connectivity index (χ1n) is 9.87. The number of hydrogen-bond acceptors (Lipinski definition) is 7. The second kappa shape index (κ2) is 9.54. The fourth-order valence-electron chi connectivity index (χ4n) is 3.14. The van der Waals surface area contributed by atoms with Crippen LogP contribution < -0.4 is 5.32 Å². The number of anilines is 1. The van der Waals surface area contributed by atoms with Crippen LogP contribution >= 0.6 is 23.4 Å². The predicted octanol–water partition coefficient (Wildman–Crippen LogP) is 5.49. The summed E-state index contributed by atoms with van der Waals surface area (Å²) in [5, 5.41) is 13.4. The van der Waals surface area contributed by atoms with Crippen LogP contribution in [0.25, 0.3) is 17.4 Å². The summed E-state index contributed by atoms with van der Waals surface area (Å²) in [7, 11) is 0. The highest BCUT2D eigenvalue weighted by atomic mass is 35.5. The second-order valence-corrected chi connectivity index (χ2v) is 8.71. The second-order valence-electron chi connectivity index (χ2n) is 7.31. The van der Waals surface area contributed by atoms with E-state index < -0.39 is 28.5 Å². The Balaban J connectivity index is 1.48. The van der Waals surface area contributed by atoms with Crippen LogP contribution in [0.3, 0.4) is 0 Å². The number of nitro benzene ring substituents is 1. The number of non-ortho nitro benzene ring substituents is 1. The van der Waals surface area contributed by atoms with E-state index in [9.17, 15) is 24.5 Å². The maximum Gasteiger partial charge on any atom is 0.294 e. The van der Waals surface area contributed by atoms with Gasteiger partial charge in [0, 0.05) is 29.5 Å². The first kappa shape index (κ1) is 23.3. The lowest BCUT2D eigenvalue weighted by atomic mass is 10.1. The van der Waals surface area contributed by atoms with Gasteiger partial charge < -0.3 is 9.73 Å². The molecule has 3 amide bonds. The lowest BCUT2D eigenvalue weighted by Crippen LogP contribution is -2.36. The predicted molar refractivity (Wildman–Crippen MR) is 128 cm³/mol. The van der Waals surface area contributed by atoms with E-state index in [1.165, 1.54) is 24.3 Å². The van der Waals surface area contributed by atoms with Crippen molar-refractivity contribution in [3.8, 4) is 11.3 Å². The molecule has 0 radical (unpaired) electrons. The van der Waals surface area contributed by atoms with E-state index in [0.29, 0.717) is 23.0 Å². The lowest BCUT2D eigenvalue weighted by molar-refractivity contribution is -0.384. The number of rotatable bonds is 6. The summed E-state index contributed by atoms with van der Waals surface area (Å²) in [6.45, 7) is 1.49. The molecular weight excluding hydrogens is 482 g/mol. The number of carbonyl (C=O) groups excluding carboxylic acids is 3. The summed E-state index contributed by atoms with van der Waals surface area (Å²) >= 11 is 6.83. The molecule has 1 N–H and O–H groups in total. The van der Waals surface area contributed by atoms with Gasteiger partial charge in [-0.1, -0.05) is 29.3 Å². The summed E-state index contributed by atoms with van der Waals surface area (Å²) in [5.74, 6) is -0.628. The minimum absolute atomic E-state index is 0.0826. The normalized spacial score (nSPS) is 14.6. The molecule has 1 saturated heterocycles. The molecule has 0 aliphatic carbocycles. The van der Waals surface area contributed by atoms with Crippen LogP contribution in [-0.4, -0.2) is 33.4 Å². The molecule has 2 aromatic carbocycles. The molecule has 0 spiro atoms. The molecule has 1 aromatic heterocycles. The van der Waals surface area contributed by atoms with E-state index in [4.69, 9.17) is 16.0 Å². The highest BCUT2D eigenvalue weighted by molar-refractivity contribution is 8.18. The molecule has 1 aliphatic heterocycles. The highest BCUT2D eigenvalue weighted by Crippen LogP contribution is 2.35. The number of benzene rings is 2. The number of nitrogens with one attached hydrogen (secondary N) is 1. The average molecular weight is 498 g/mol. The van der Waals surface area contributed by atoms with Crippen molar-refractivity contribution in [2.45, 2.75) is 6.92 Å². The van der Waals surface area contributed by atoms with Crippen LogP contribution in [0.4, 0.5) is 16.2 Å². The smallest absolute Gasteiger partial charge is 0.294 e. The van der Waals surface area contributed by atoms with E-state index in [0.717, 1.165) is 10.5 Å². The van der Waals surface area contributed by atoms with Crippen LogP contribution in [0.2, 0.25) is 5.02 Å².